The zero-order valence-corrected chi connectivity index (χ0v) is 13.7. The summed E-state index contributed by atoms with van der Waals surface area (Å²) in [7, 11) is -0.522. The first kappa shape index (κ1) is 17.0. The van der Waals surface area contributed by atoms with Gasteiger partial charge in [-0.25, -0.2) is 27.1 Å². The molecule has 1 aliphatic rings. The van der Waals surface area contributed by atoms with E-state index in [0.29, 0.717) is 12.1 Å². The van der Waals surface area contributed by atoms with Gasteiger partial charge in [0.2, 0.25) is 10.0 Å². The third-order valence-electron chi connectivity index (χ3n) is 3.87. The molecule has 1 aliphatic heterocycles. The molecular formula is C13H21FN4O3S. The minimum Gasteiger partial charge on any atom is -0.391 e. The van der Waals surface area contributed by atoms with Gasteiger partial charge in [-0.1, -0.05) is 6.92 Å². The lowest BCUT2D eigenvalue weighted by molar-refractivity contribution is 0.157. The van der Waals surface area contributed by atoms with E-state index in [-0.39, 0.29) is 24.7 Å². The Balaban J connectivity index is 2.18. The molecule has 22 heavy (non-hydrogen) atoms. The Morgan fingerprint density at radius 2 is 2.09 bits per heavy atom. The van der Waals surface area contributed by atoms with E-state index in [0.717, 1.165) is 4.31 Å². The number of rotatable bonds is 5. The molecule has 0 spiro atoms. The van der Waals surface area contributed by atoms with Gasteiger partial charge in [0.05, 0.1) is 17.6 Å². The number of aliphatic hydroxyl groups is 1. The van der Waals surface area contributed by atoms with Crippen LogP contribution >= 0.6 is 0 Å². The van der Waals surface area contributed by atoms with E-state index >= 15 is 0 Å². The van der Waals surface area contributed by atoms with Crippen LogP contribution in [0.1, 0.15) is 12.6 Å². The van der Waals surface area contributed by atoms with Crippen LogP contribution in [0.25, 0.3) is 0 Å². The average molecular weight is 332 g/mol. The van der Waals surface area contributed by atoms with Crippen LogP contribution in [0.2, 0.25) is 0 Å². The van der Waals surface area contributed by atoms with Crippen molar-refractivity contribution in [2.75, 3.05) is 37.8 Å². The van der Waals surface area contributed by atoms with Gasteiger partial charge in [0.25, 0.3) is 0 Å². The van der Waals surface area contributed by atoms with Gasteiger partial charge < -0.3 is 10.0 Å². The third kappa shape index (κ3) is 3.36. The van der Waals surface area contributed by atoms with Crippen molar-refractivity contribution in [3.63, 3.8) is 0 Å². The highest BCUT2D eigenvalue weighted by molar-refractivity contribution is 7.89. The van der Waals surface area contributed by atoms with Gasteiger partial charge in [0.1, 0.15) is 6.33 Å². The van der Waals surface area contributed by atoms with Gasteiger partial charge in [0.15, 0.2) is 11.6 Å². The van der Waals surface area contributed by atoms with Gasteiger partial charge in [-0.15, -0.1) is 0 Å². The maximum absolute atomic E-state index is 14.3. The van der Waals surface area contributed by atoms with Crippen LogP contribution in [0.3, 0.4) is 0 Å². The summed E-state index contributed by atoms with van der Waals surface area (Å²) in [5.41, 5.74) is 0.309. The Hall–Kier alpha value is -1.32. The van der Waals surface area contributed by atoms with E-state index in [1.165, 1.54) is 20.4 Å². The Morgan fingerprint density at radius 3 is 2.68 bits per heavy atom. The van der Waals surface area contributed by atoms with Crippen molar-refractivity contribution in [3.05, 3.63) is 17.8 Å². The van der Waals surface area contributed by atoms with Crippen molar-refractivity contribution in [2.24, 2.45) is 5.92 Å². The van der Waals surface area contributed by atoms with E-state index in [2.05, 4.69) is 9.97 Å². The first-order chi connectivity index (χ1) is 10.3. The average Bonchev–Trinajstić information content (AvgIpc) is 2.79. The number of hydrogen-bond donors (Lipinski definition) is 1. The van der Waals surface area contributed by atoms with E-state index in [1.54, 1.807) is 11.8 Å². The Bertz CT molecular complexity index is 638. The number of sulfonamides is 1. The Morgan fingerprint density at radius 1 is 1.41 bits per heavy atom. The van der Waals surface area contributed by atoms with E-state index in [9.17, 15) is 17.9 Å². The number of β-amino-alcohol motifs (C(OH)–C–C–N with tert-alkyl or cyclic N) is 1. The molecule has 0 aliphatic carbocycles. The van der Waals surface area contributed by atoms with Gasteiger partial charge in [0, 0.05) is 33.1 Å². The monoisotopic (exact) mass is 332 g/mol. The maximum Gasteiger partial charge on any atom is 0.214 e. The third-order valence-corrected chi connectivity index (χ3v) is 5.83. The SMILES string of the molecule is CCc1ncnc(N2C[C@@H](CS(=O)(=O)N(C)C)[C@H](O)C2)c1F. The fourth-order valence-corrected chi connectivity index (χ4v) is 3.64. The molecule has 1 fully saturated rings. The second-order valence-corrected chi connectivity index (χ2v) is 7.83. The molecule has 0 bridgehead atoms. The zero-order valence-electron chi connectivity index (χ0n) is 12.9. The molecule has 1 aromatic heterocycles. The lowest BCUT2D eigenvalue weighted by atomic mass is 10.1. The van der Waals surface area contributed by atoms with Crippen molar-refractivity contribution < 1.29 is 17.9 Å². The van der Waals surface area contributed by atoms with Gasteiger partial charge in [-0.05, 0) is 6.42 Å². The first-order valence-corrected chi connectivity index (χ1v) is 8.69. The summed E-state index contributed by atoms with van der Waals surface area (Å²) in [6.07, 6.45) is 0.887. The van der Waals surface area contributed by atoms with E-state index in [1.807, 2.05) is 0 Å². The summed E-state index contributed by atoms with van der Waals surface area (Å²) in [5, 5.41) is 10.1. The predicted molar refractivity (Wildman–Crippen MR) is 80.6 cm³/mol. The minimum absolute atomic E-state index is 0.121. The Kier molecular flexibility index (Phi) is 4.98. The molecule has 7 nitrogen and oxygen atoms in total. The van der Waals surface area contributed by atoms with Gasteiger partial charge in [-0.2, -0.15) is 0 Å². The summed E-state index contributed by atoms with van der Waals surface area (Å²) in [6, 6.07) is 0. The topological polar surface area (TPSA) is 86.6 Å². The van der Waals surface area contributed by atoms with Gasteiger partial charge >= 0.3 is 0 Å². The van der Waals surface area contributed by atoms with Crippen LogP contribution in [-0.4, -0.2) is 66.8 Å². The van der Waals surface area contributed by atoms with Crippen LogP contribution in [0.15, 0.2) is 6.33 Å². The standard InChI is InChI=1S/C13H21FN4O3S/c1-4-10-12(14)13(16-8-15-10)18-5-9(11(19)6-18)7-22(20,21)17(2)3/h8-9,11,19H,4-7H2,1-3H3/t9-,11+/m0/s1. The molecule has 0 saturated carbocycles. The fraction of sp³-hybridized carbons (Fsp3) is 0.692. The van der Waals surface area contributed by atoms with Crippen molar-refractivity contribution in [1.82, 2.24) is 14.3 Å². The summed E-state index contributed by atoms with van der Waals surface area (Å²) in [6.45, 7) is 2.19. The molecule has 0 aromatic carbocycles. The molecule has 0 unspecified atom stereocenters. The number of aliphatic hydroxyl groups excluding tert-OH is 1. The lowest BCUT2D eigenvalue weighted by Crippen LogP contribution is -2.33. The number of hydrogen-bond acceptors (Lipinski definition) is 6. The molecule has 124 valence electrons. The summed E-state index contributed by atoms with van der Waals surface area (Å²) in [4.78, 5) is 9.39. The van der Waals surface area contributed by atoms with E-state index in [4.69, 9.17) is 0 Å². The fourth-order valence-electron chi connectivity index (χ4n) is 2.47. The molecule has 9 heteroatoms. The van der Waals surface area contributed by atoms with Crippen molar-refractivity contribution >= 4 is 15.8 Å². The lowest BCUT2D eigenvalue weighted by Gasteiger charge is -2.19. The van der Waals surface area contributed by atoms with Crippen LogP contribution in [-0.2, 0) is 16.4 Å². The predicted octanol–water partition coefficient (Wildman–Crippen LogP) is -0.133. The quantitative estimate of drug-likeness (QED) is 0.808. The highest BCUT2D eigenvalue weighted by Gasteiger charge is 2.37. The second kappa shape index (κ2) is 6.43. The number of aromatic nitrogens is 2. The molecule has 2 atom stereocenters. The maximum atomic E-state index is 14.3. The van der Waals surface area contributed by atoms with E-state index < -0.39 is 27.9 Å². The smallest absolute Gasteiger partial charge is 0.214 e. The Labute approximate surface area is 129 Å². The molecular weight excluding hydrogens is 311 g/mol. The van der Waals surface area contributed by atoms with Crippen LogP contribution in [0, 0.1) is 11.7 Å². The minimum atomic E-state index is -3.42. The molecule has 0 radical (unpaired) electrons. The van der Waals surface area contributed by atoms with Crippen molar-refractivity contribution in [2.45, 2.75) is 19.4 Å². The van der Waals surface area contributed by atoms with Gasteiger partial charge in [-0.3, -0.25) is 0 Å². The zero-order chi connectivity index (χ0) is 16.5. The summed E-state index contributed by atoms with van der Waals surface area (Å²) < 4.78 is 39.3. The first-order valence-electron chi connectivity index (χ1n) is 7.08. The van der Waals surface area contributed by atoms with Crippen LogP contribution < -0.4 is 4.90 Å². The largest absolute Gasteiger partial charge is 0.391 e. The number of nitrogens with zero attached hydrogens (tertiary/aromatic N) is 4. The van der Waals surface area contributed by atoms with Crippen molar-refractivity contribution in [3.8, 4) is 0 Å². The number of anilines is 1. The summed E-state index contributed by atoms with van der Waals surface area (Å²) in [5.74, 6) is -1.04. The summed E-state index contributed by atoms with van der Waals surface area (Å²) >= 11 is 0. The number of halogens is 1. The highest BCUT2D eigenvalue weighted by Crippen LogP contribution is 2.27. The molecule has 2 rings (SSSR count). The normalized spacial score (nSPS) is 22.5. The molecule has 0 amide bonds. The highest BCUT2D eigenvalue weighted by atomic mass is 32.2. The molecule has 1 N–H and O–H groups in total. The van der Waals surface area contributed by atoms with Crippen LogP contribution in [0.5, 0.6) is 0 Å². The molecule has 1 aromatic rings. The molecule has 1 saturated heterocycles. The second-order valence-electron chi connectivity index (χ2n) is 5.60. The number of aryl methyl sites for hydroxylation is 1. The van der Waals surface area contributed by atoms with Crippen molar-refractivity contribution in [1.29, 1.82) is 0 Å². The molecule has 2 heterocycles. The van der Waals surface area contributed by atoms with Crippen LogP contribution in [0.4, 0.5) is 10.2 Å².